The van der Waals surface area contributed by atoms with E-state index in [4.69, 9.17) is 4.74 Å². The van der Waals surface area contributed by atoms with Crippen molar-refractivity contribution in [3.05, 3.63) is 48.0 Å². The van der Waals surface area contributed by atoms with Gasteiger partial charge in [-0.15, -0.1) is 11.8 Å². The second kappa shape index (κ2) is 15.2. The van der Waals surface area contributed by atoms with Gasteiger partial charge >= 0.3 is 6.09 Å². The molecule has 11 heteroatoms. The summed E-state index contributed by atoms with van der Waals surface area (Å²) in [6, 6.07) is 12.9. The third-order valence-corrected chi connectivity index (χ3v) is 9.64. The summed E-state index contributed by atoms with van der Waals surface area (Å²) < 4.78 is 31.4. The summed E-state index contributed by atoms with van der Waals surface area (Å²) in [5.74, 6) is 1.37. The molecule has 1 heterocycles. The van der Waals surface area contributed by atoms with E-state index in [1.54, 1.807) is 17.0 Å². The second-order valence-electron chi connectivity index (χ2n) is 12.2. The van der Waals surface area contributed by atoms with Crippen LogP contribution in [-0.2, 0) is 14.8 Å². The van der Waals surface area contributed by atoms with Crippen LogP contribution >= 0.6 is 11.8 Å². The Morgan fingerprint density at radius 3 is 2.28 bits per heavy atom. The molecule has 1 aliphatic heterocycles. The highest BCUT2D eigenvalue weighted by molar-refractivity contribution is 7.99. The Hall–Kier alpha value is -2.92. The van der Waals surface area contributed by atoms with Crippen LogP contribution in [0.3, 0.4) is 0 Å². The number of amides is 2. The van der Waals surface area contributed by atoms with Crippen LogP contribution in [0, 0.1) is 5.92 Å². The molecular weight excluding hydrogens is 585 g/mol. The van der Waals surface area contributed by atoms with Gasteiger partial charge in [-0.25, -0.2) is 13.2 Å². The number of nitrogens with one attached hydrogen (secondary N) is 1. The fraction of sp³-hybridized carbons (Fsp3) is 0.562. The van der Waals surface area contributed by atoms with E-state index in [1.807, 2.05) is 62.9 Å². The van der Waals surface area contributed by atoms with E-state index in [1.165, 1.54) is 32.7 Å². The van der Waals surface area contributed by atoms with Crippen molar-refractivity contribution < 1.29 is 22.7 Å². The maximum atomic E-state index is 13.6. The Kier molecular flexibility index (Phi) is 12.2. The van der Waals surface area contributed by atoms with Gasteiger partial charge < -0.3 is 19.9 Å². The minimum Gasteiger partial charge on any atom is -0.444 e. The Morgan fingerprint density at radius 1 is 1.05 bits per heavy atom. The van der Waals surface area contributed by atoms with Crippen LogP contribution in [0.2, 0.25) is 0 Å². The van der Waals surface area contributed by atoms with Gasteiger partial charge in [-0.2, -0.15) is 0 Å². The highest BCUT2D eigenvalue weighted by Gasteiger charge is 2.27. The summed E-state index contributed by atoms with van der Waals surface area (Å²) in [6.07, 6.45) is 5.71. The van der Waals surface area contributed by atoms with Crippen LogP contribution in [0.5, 0.6) is 0 Å². The number of carbonyl (C=O) groups is 2. The maximum Gasteiger partial charge on any atom is 0.410 e. The molecule has 0 radical (unpaired) electrons. The van der Waals surface area contributed by atoms with E-state index < -0.39 is 21.5 Å². The van der Waals surface area contributed by atoms with Gasteiger partial charge in [-0.05, 0) is 81.3 Å². The number of carbonyl (C=O) groups excluding carboxylic acids is 2. The lowest BCUT2D eigenvalue weighted by atomic mass is 10.0. The minimum absolute atomic E-state index is 0.250. The van der Waals surface area contributed by atoms with Gasteiger partial charge in [0, 0.05) is 49.5 Å². The van der Waals surface area contributed by atoms with Crippen molar-refractivity contribution in [1.82, 2.24) is 4.90 Å². The van der Waals surface area contributed by atoms with E-state index in [-0.39, 0.29) is 11.7 Å². The number of unbranched alkanes of at least 4 members (excludes halogenated alkanes) is 1. The Morgan fingerprint density at radius 2 is 1.70 bits per heavy atom. The van der Waals surface area contributed by atoms with Crippen LogP contribution in [-0.4, -0.2) is 76.2 Å². The molecule has 0 saturated carbocycles. The molecule has 0 aromatic heterocycles. The zero-order valence-electron chi connectivity index (χ0n) is 26.7. The Bertz CT molecular complexity index is 1330. The molecule has 1 aliphatic rings. The molecule has 9 nitrogen and oxygen atoms in total. The van der Waals surface area contributed by atoms with Crippen LogP contribution in [0.1, 0.15) is 70.7 Å². The Labute approximate surface area is 262 Å². The van der Waals surface area contributed by atoms with Gasteiger partial charge in [-0.1, -0.05) is 33.1 Å². The highest BCUT2D eigenvalue weighted by Crippen LogP contribution is 2.30. The quantitative estimate of drug-likeness (QED) is 0.260. The first kappa shape index (κ1) is 34.6. The largest absolute Gasteiger partial charge is 0.444 e. The molecule has 0 spiro atoms. The molecule has 0 bridgehead atoms. The third kappa shape index (κ3) is 10.6. The van der Waals surface area contributed by atoms with Crippen molar-refractivity contribution >= 4 is 50.8 Å². The lowest BCUT2D eigenvalue weighted by Crippen LogP contribution is -2.50. The van der Waals surface area contributed by atoms with Crippen molar-refractivity contribution in [2.45, 2.75) is 70.8 Å². The summed E-state index contributed by atoms with van der Waals surface area (Å²) in [6.45, 7) is 12.1. The van der Waals surface area contributed by atoms with E-state index in [0.29, 0.717) is 37.6 Å². The molecule has 2 aromatic carbocycles. The molecule has 1 N–H and O–H groups in total. The summed E-state index contributed by atoms with van der Waals surface area (Å²) in [7, 11) is -2.16. The molecule has 2 aromatic rings. The fourth-order valence-corrected chi connectivity index (χ4v) is 6.34. The summed E-state index contributed by atoms with van der Waals surface area (Å²) in [4.78, 5) is 31.0. The van der Waals surface area contributed by atoms with Crippen LogP contribution in [0.25, 0.3) is 0 Å². The first-order valence-electron chi connectivity index (χ1n) is 15.0. The molecule has 1 saturated heterocycles. The number of nitrogens with zero attached hydrogens (tertiary/aromatic N) is 3. The second-order valence-corrected chi connectivity index (χ2v) is 15.4. The maximum absolute atomic E-state index is 13.6. The summed E-state index contributed by atoms with van der Waals surface area (Å²) in [5, 5.41) is 2.95. The molecule has 3 rings (SSSR count). The number of piperazine rings is 1. The number of thioether (sulfide) groups is 1. The predicted molar refractivity (Wildman–Crippen MR) is 178 cm³/mol. The van der Waals surface area contributed by atoms with Gasteiger partial charge in [0.05, 0.1) is 17.5 Å². The first-order chi connectivity index (χ1) is 20.2. The average molecular weight is 633 g/mol. The number of anilines is 3. The minimum atomic E-state index is -3.60. The van der Waals surface area contributed by atoms with Gasteiger partial charge in [-0.3, -0.25) is 9.10 Å². The van der Waals surface area contributed by atoms with Crippen molar-refractivity contribution in [3.63, 3.8) is 0 Å². The zero-order valence-corrected chi connectivity index (χ0v) is 28.3. The van der Waals surface area contributed by atoms with Crippen molar-refractivity contribution in [2.75, 3.05) is 59.8 Å². The number of sulfonamides is 1. The molecule has 1 fully saturated rings. The number of benzene rings is 2. The van der Waals surface area contributed by atoms with Crippen molar-refractivity contribution in [3.8, 4) is 0 Å². The third-order valence-electron chi connectivity index (χ3n) is 7.40. The smallest absolute Gasteiger partial charge is 0.410 e. The van der Waals surface area contributed by atoms with Gasteiger partial charge in [0.15, 0.2) is 0 Å². The molecule has 43 heavy (non-hydrogen) atoms. The predicted octanol–water partition coefficient (Wildman–Crippen LogP) is 6.70. The topological polar surface area (TPSA) is 99.3 Å². The summed E-state index contributed by atoms with van der Waals surface area (Å²) >= 11 is 1.81. The van der Waals surface area contributed by atoms with Crippen molar-refractivity contribution in [2.24, 2.45) is 5.92 Å². The standard InChI is InChI=1S/C32H48N4O5S2/c1-8-9-10-24(2)17-22-42-27-14-11-25(12-15-27)33-30(37)28-23-26(13-16-29(28)34(6)43(7,39)40)35-18-20-36(21-19-35)31(38)41-32(3,4)5/h11-16,23-24H,8-10,17-22H2,1-7H3,(H,33,37)/t24-/m0/s1. The highest BCUT2D eigenvalue weighted by atomic mass is 32.2. The first-order valence-corrected chi connectivity index (χ1v) is 17.9. The Balaban J connectivity index is 1.72. The SMILES string of the molecule is CCCC[C@H](C)CCSc1ccc(NC(=O)c2cc(N3CCN(C(=O)OC(C)(C)C)CC3)ccc2N(C)S(C)(=O)=O)cc1. The van der Waals surface area contributed by atoms with Crippen LogP contribution < -0.4 is 14.5 Å². The zero-order chi connectivity index (χ0) is 31.8. The molecule has 0 aliphatic carbocycles. The average Bonchev–Trinajstić information content (AvgIpc) is 2.95. The molecule has 2 amide bonds. The lowest BCUT2D eigenvalue weighted by molar-refractivity contribution is 0.0240. The van der Waals surface area contributed by atoms with Gasteiger partial charge in [0.1, 0.15) is 5.60 Å². The van der Waals surface area contributed by atoms with Crippen LogP contribution in [0.4, 0.5) is 21.9 Å². The number of hydrogen-bond donors (Lipinski definition) is 1. The van der Waals surface area contributed by atoms with Gasteiger partial charge in [0.2, 0.25) is 10.0 Å². The number of rotatable bonds is 12. The monoisotopic (exact) mass is 632 g/mol. The molecular formula is C32H48N4O5S2. The summed E-state index contributed by atoms with van der Waals surface area (Å²) in [5.41, 5.74) is 1.39. The molecule has 0 unspecified atom stereocenters. The lowest BCUT2D eigenvalue weighted by Gasteiger charge is -2.37. The van der Waals surface area contributed by atoms with Crippen molar-refractivity contribution in [1.29, 1.82) is 0 Å². The normalized spacial score (nSPS) is 14.8. The number of hydrogen-bond acceptors (Lipinski definition) is 7. The van der Waals surface area contributed by atoms with E-state index in [9.17, 15) is 18.0 Å². The van der Waals surface area contributed by atoms with Gasteiger partial charge in [0.25, 0.3) is 5.91 Å². The number of ether oxygens (including phenoxy) is 1. The molecule has 238 valence electrons. The van der Waals surface area contributed by atoms with E-state index in [2.05, 4.69) is 24.1 Å². The van der Waals surface area contributed by atoms with Crippen LogP contribution in [0.15, 0.2) is 47.4 Å². The van der Waals surface area contributed by atoms with E-state index >= 15 is 0 Å². The van der Waals surface area contributed by atoms with E-state index in [0.717, 1.165) is 32.8 Å². The molecule has 1 atom stereocenters. The fourth-order valence-electron chi connectivity index (χ4n) is 4.74.